The number of carboxylic acids is 1. The van der Waals surface area contributed by atoms with Crippen molar-refractivity contribution in [2.45, 2.75) is 64.4 Å². The highest BCUT2D eigenvalue weighted by Crippen LogP contribution is 2.31. The van der Waals surface area contributed by atoms with Crippen molar-refractivity contribution in [1.29, 1.82) is 5.26 Å². The highest BCUT2D eigenvalue weighted by Gasteiger charge is 2.38. The molecule has 41 heavy (non-hydrogen) atoms. The largest absolute Gasteiger partial charge is 0.490 e. The summed E-state index contributed by atoms with van der Waals surface area (Å²) < 4.78 is 64.7. The Morgan fingerprint density at radius 2 is 1.83 bits per heavy atom. The van der Waals surface area contributed by atoms with Crippen LogP contribution in [0.1, 0.15) is 44.5 Å². The molecule has 2 N–H and O–H groups in total. The molecule has 2 aliphatic rings. The van der Waals surface area contributed by atoms with Crippen LogP contribution in [0.15, 0.2) is 18.2 Å². The highest BCUT2D eigenvalue weighted by molar-refractivity contribution is 5.78. The molecule has 15 heteroatoms. The number of carbonyl (C=O) groups is 2. The maximum absolute atomic E-state index is 14.0. The van der Waals surface area contributed by atoms with Crippen molar-refractivity contribution in [3.05, 3.63) is 41.2 Å². The molecule has 4 rings (SSSR count). The zero-order valence-corrected chi connectivity index (χ0v) is 22.3. The number of anilines is 2. The molecule has 222 valence electrons. The zero-order chi connectivity index (χ0) is 30.3. The van der Waals surface area contributed by atoms with Crippen LogP contribution < -0.4 is 15.0 Å². The number of nitrogens with one attached hydrogen (secondary N) is 1. The molecular weight excluding hydrogens is 555 g/mol. The van der Waals surface area contributed by atoms with Crippen molar-refractivity contribution >= 4 is 23.5 Å². The molecule has 1 saturated heterocycles. The van der Waals surface area contributed by atoms with Crippen molar-refractivity contribution in [2.75, 3.05) is 29.9 Å². The number of hydrogen-bond acceptors (Lipinski definition) is 8. The lowest BCUT2D eigenvalue weighted by Gasteiger charge is -2.35. The molecule has 0 bridgehead atoms. The van der Waals surface area contributed by atoms with Crippen molar-refractivity contribution in [1.82, 2.24) is 14.9 Å². The van der Waals surface area contributed by atoms with Gasteiger partial charge in [0.25, 0.3) is 0 Å². The first-order valence-electron chi connectivity index (χ1n) is 12.8. The third-order valence-electron chi connectivity index (χ3n) is 6.17. The quantitative estimate of drug-likeness (QED) is 0.483. The predicted octanol–water partition coefficient (Wildman–Crippen LogP) is 4.05. The lowest BCUT2D eigenvalue weighted by atomic mass is 10.1. The van der Waals surface area contributed by atoms with Gasteiger partial charge >= 0.3 is 12.1 Å². The molecule has 1 aromatic carbocycles. The Morgan fingerprint density at radius 1 is 1.17 bits per heavy atom. The van der Waals surface area contributed by atoms with E-state index in [9.17, 15) is 26.7 Å². The summed E-state index contributed by atoms with van der Waals surface area (Å²) in [6, 6.07) is 5.39. The lowest BCUT2D eigenvalue weighted by Crippen LogP contribution is -2.41. The summed E-state index contributed by atoms with van der Waals surface area (Å²) in [7, 11) is 0. The third kappa shape index (κ3) is 8.63. The van der Waals surface area contributed by atoms with Crippen LogP contribution in [0.3, 0.4) is 0 Å². The number of nitrogens with zero attached hydrogens (tertiary/aromatic N) is 5. The molecule has 0 saturated carbocycles. The van der Waals surface area contributed by atoms with E-state index in [4.69, 9.17) is 29.9 Å². The van der Waals surface area contributed by atoms with Gasteiger partial charge in [-0.1, -0.05) is 0 Å². The topological polar surface area (TPSA) is 132 Å². The van der Waals surface area contributed by atoms with E-state index >= 15 is 0 Å². The average Bonchev–Trinajstić information content (AvgIpc) is 2.90. The summed E-state index contributed by atoms with van der Waals surface area (Å²) in [6.07, 6.45) is -3.55. The number of nitriles is 1. The molecule has 0 aliphatic carbocycles. The Hall–Kier alpha value is -4.22. The highest BCUT2D eigenvalue weighted by atomic mass is 19.4. The average molecular weight is 585 g/mol. The summed E-state index contributed by atoms with van der Waals surface area (Å²) in [6.45, 7) is 6.18. The van der Waals surface area contributed by atoms with Crippen molar-refractivity contribution < 1.29 is 41.4 Å². The number of rotatable bonds is 6. The zero-order valence-electron chi connectivity index (χ0n) is 22.3. The molecule has 1 aromatic heterocycles. The van der Waals surface area contributed by atoms with Crippen molar-refractivity contribution in [3.8, 4) is 11.8 Å². The van der Waals surface area contributed by atoms with Gasteiger partial charge in [-0.3, -0.25) is 4.79 Å². The summed E-state index contributed by atoms with van der Waals surface area (Å²) in [5.41, 5.74) is 1.60. The van der Waals surface area contributed by atoms with E-state index < -0.39 is 23.8 Å². The van der Waals surface area contributed by atoms with Gasteiger partial charge in [0.15, 0.2) is 23.2 Å². The van der Waals surface area contributed by atoms with Crippen LogP contribution in [0, 0.1) is 23.0 Å². The van der Waals surface area contributed by atoms with E-state index in [1.165, 1.54) is 12.1 Å². The van der Waals surface area contributed by atoms with Gasteiger partial charge in [0.05, 0.1) is 24.0 Å². The van der Waals surface area contributed by atoms with Crippen LogP contribution in [-0.2, 0) is 22.6 Å². The maximum atomic E-state index is 14.0. The summed E-state index contributed by atoms with van der Waals surface area (Å²) >= 11 is 0. The van der Waals surface area contributed by atoms with Crippen LogP contribution in [0.25, 0.3) is 0 Å². The van der Waals surface area contributed by atoms with Crippen LogP contribution >= 0.6 is 0 Å². The van der Waals surface area contributed by atoms with Gasteiger partial charge in [-0.2, -0.15) is 18.4 Å². The number of carboxylic acid groups (broad SMARTS) is 1. The first-order chi connectivity index (χ1) is 19.3. The van der Waals surface area contributed by atoms with Crippen LogP contribution in [0.2, 0.25) is 0 Å². The number of aromatic nitrogens is 2. The second-order valence-corrected chi connectivity index (χ2v) is 9.67. The number of amides is 1. The van der Waals surface area contributed by atoms with Crippen molar-refractivity contribution in [2.24, 2.45) is 0 Å². The Labute approximate surface area is 232 Å². The number of benzene rings is 1. The van der Waals surface area contributed by atoms with E-state index in [0.29, 0.717) is 57.1 Å². The number of alkyl halides is 3. The Bertz CT molecular complexity index is 1290. The minimum absolute atomic E-state index is 0.0534. The summed E-state index contributed by atoms with van der Waals surface area (Å²) in [5, 5.41) is 19.4. The van der Waals surface area contributed by atoms with Crippen LogP contribution in [-0.4, -0.2) is 69.8 Å². The van der Waals surface area contributed by atoms with Gasteiger partial charge in [0, 0.05) is 51.0 Å². The molecule has 1 fully saturated rings. The second kappa shape index (κ2) is 13.4. The van der Waals surface area contributed by atoms with Gasteiger partial charge in [-0.05, 0) is 26.0 Å². The normalized spacial score (nSPS) is 15.4. The standard InChI is InChI=1S/C24H28F2N6O2.C2HF3O2/c1-15(2)28-23-24(30-20-14-32(22(33)5-9-27)12-8-19(20)29-23)31-10-6-17(7-11-31)34-21-4-3-16(25)13-18(21)26;3-2(4,5)1(6)7/h3-4,13,15,17H,5-8,10-12,14H2,1-2H3,(H,28,29);(H,6,7). The van der Waals surface area contributed by atoms with Gasteiger partial charge in [0.1, 0.15) is 18.3 Å². The van der Waals surface area contributed by atoms with E-state index in [-0.39, 0.29) is 30.2 Å². The molecule has 2 aromatic rings. The minimum Gasteiger partial charge on any atom is -0.487 e. The van der Waals surface area contributed by atoms with E-state index in [1.807, 2.05) is 19.9 Å². The van der Waals surface area contributed by atoms with E-state index in [2.05, 4.69) is 10.2 Å². The van der Waals surface area contributed by atoms with Gasteiger partial charge in [0.2, 0.25) is 5.91 Å². The molecule has 10 nitrogen and oxygen atoms in total. The summed E-state index contributed by atoms with van der Waals surface area (Å²) in [4.78, 5) is 34.6. The molecule has 0 spiro atoms. The lowest BCUT2D eigenvalue weighted by molar-refractivity contribution is -0.192. The van der Waals surface area contributed by atoms with E-state index in [1.54, 1.807) is 4.90 Å². The van der Waals surface area contributed by atoms with Gasteiger partial charge in [-0.25, -0.2) is 23.5 Å². The number of aliphatic carboxylic acids is 1. The minimum atomic E-state index is -5.08. The summed E-state index contributed by atoms with van der Waals surface area (Å²) in [5.74, 6) is -2.83. The molecule has 0 radical (unpaired) electrons. The fourth-order valence-corrected chi connectivity index (χ4v) is 4.24. The Morgan fingerprint density at radius 3 is 2.39 bits per heavy atom. The first kappa shape index (κ1) is 31.3. The fraction of sp³-hybridized carbons (Fsp3) is 0.500. The second-order valence-electron chi connectivity index (χ2n) is 9.67. The number of carbonyl (C=O) groups excluding carboxylic acids is 1. The first-order valence-corrected chi connectivity index (χ1v) is 12.8. The van der Waals surface area contributed by atoms with Crippen LogP contribution in [0.5, 0.6) is 5.75 Å². The monoisotopic (exact) mass is 584 g/mol. The molecule has 0 unspecified atom stereocenters. The molecule has 0 atom stereocenters. The number of fused-ring (bicyclic) bond motifs is 1. The predicted molar refractivity (Wildman–Crippen MR) is 136 cm³/mol. The van der Waals surface area contributed by atoms with Crippen LogP contribution in [0.4, 0.5) is 33.6 Å². The van der Waals surface area contributed by atoms with E-state index in [0.717, 1.165) is 17.5 Å². The van der Waals surface area contributed by atoms with Crippen molar-refractivity contribution in [3.63, 3.8) is 0 Å². The van der Waals surface area contributed by atoms with Gasteiger partial charge < -0.3 is 25.0 Å². The number of hydrogen-bond donors (Lipinski definition) is 2. The number of ether oxygens (including phenoxy) is 1. The third-order valence-corrected chi connectivity index (χ3v) is 6.17. The SMILES string of the molecule is CC(C)Nc1nc2c(nc1N1CCC(Oc3ccc(F)cc3F)CC1)CN(C(=O)CC#N)CC2.O=C(O)C(F)(F)F. The maximum Gasteiger partial charge on any atom is 0.490 e. The Kier molecular flexibility index (Phi) is 10.3. The number of piperidine rings is 1. The molecular formula is C26H29F5N6O4. The molecule has 1 amide bonds. The molecule has 2 aliphatic heterocycles. The number of halogens is 5. The Balaban J connectivity index is 0.000000587. The fourth-order valence-electron chi connectivity index (χ4n) is 4.24. The molecule has 3 heterocycles. The smallest absolute Gasteiger partial charge is 0.487 e. The van der Waals surface area contributed by atoms with Gasteiger partial charge in [-0.15, -0.1) is 0 Å².